The van der Waals surface area contributed by atoms with Crippen LogP contribution in [0.2, 0.25) is 0 Å². The zero-order valence-electron chi connectivity index (χ0n) is 13.6. The normalized spacial score (nSPS) is 20.9. The molecular formula is C17H27N3O2. The van der Waals surface area contributed by atoms with Gasteiger partial charge in [-0.25, -0.2) is 0 Å². The molecule has 1 saturated heterocycles. The molecule has 1 aliphatic heterocycles. The van der Waals surface area contributed by atoms with Gasteiger partial charge in [-0.05, 0) is 12.0 Å². The van der Waals surface area contributed by atoms with E-state index in [1.165, 1.54) is 0 Å². The minimum absolute atomic E-state index is 0.0241. The van der Waals surface area contributed by atoms with Crippen LogP contribution in [0.25, 0.3) is 0 Å². The van der Waals surface area contributed by atoms with Crippen LogP contribution in [0, 0.1) is 0 Å². The highest BCUT2D eigenvalue weighted by atomic mass is 16.5. The molecule has 0 saturated carbocycles. The second-order valence-electron chi connectivity index (χ2n) is 5.76. The number of nitrogens with zero attached hydrogens (tertiary/aromatic N) is 2. The largest absolute Gasteiger partial charge is 0.383 e. The molecule has 5 heteroatoms. The molecule has 1 aromatic rings. The molecule has 0 spiro atoms. The third-order valence-corrected chi connectivity index (χ3v) is 4.39. The molecule has 122 valence electrons. The Morgan fingerprint density at radius 1 is 1.36 bits per heavy atom. The van der Waals surface area contributed by atoms with Crippen LogP contribution >= 0.6 is 0 Å². The summed E-state index contributed by atoms with van der Waals surface area (Å²) in [5.74, 6) is 0.0241. The molecule has 0 bridgehead atoms. The summed E-state index contributed by atoms with van der Waals surface area (Å²) in [4.78, 5) is 17.0. The monoisotopic (exact) mass is 305 g/mol. The van der Waals surface area contributed by atoms with Crippen molar-refractivity contribution in [2.75, 3.05) is 39.9 Å². The van der Waals surface area contributed by atoms with Crippen molar-refractivity contribution in [2.45, 2.75) is 25.4 Å². The lowest BCUT2D eigenvalue weighted by molar-refractivity contribution is -0.136. The molecule has 5 nitrogen and oxygen atoms in total. The minimum atomic E-state index is -0.566. The minimum Gasteiger partial charge on any atom is -0.383 e. The summed E-state index contributed by atoms with van der Waals surface area (Å²) in [6.07, 6.45) is 1.02. The highest BCUT2D eigenvalue weighted by Crippen LogP contribution is 2.18. The van der Waals surface area contributed by atoms with Gasteiger partial charge in [0.15, 0.2) is 0 Å². The Morgan fingerprint density at radius 3 is 2.73 bits per heavy atom. The predicted octanol–water partition coefficient (Wildman–Crippen LogP) is 1.26. The summed E-state index contributed by atoms with van der Waals surface area (Å²) in [6.45, 7) is 6.18. The van der Waals surface area contributed by atoms with Gasteiger partial charge in [-0.1, -0.05) is 37.3 Å². The fraction of sp³-hybridized carbons (Fsp3) is 0.588. The van der Waals surface area contributed by atoms with E-state index in [1.54, 1.807) is 7.11 Å². The molecule has 0 aromatic heterocycles. The average Bonchev–Trinajstić information content (AvgIpc) is 2.59. The van der Waals surface area contributed by atoms with Gasteiger partial charge in [0.25, 0.3) is 0 Å². The summed E-state index contributed by atoms with van der Waals surface area (Å²) >= 11 is 0. The van der Waals surface area contributed by atoms with E-state index in [9.17, 15) is 4.79 Å². The third-order valence-electron chi connectivity index (χ3n) is 4.39. The van der Waals surface area contributed by atoms with E-state index in [2.05, 4.69) is 11.8 Å². The number of hydrogen-bond acceptors (Lipinski definition) is 4. The number of nitrogens with two attached hydrogens (primary N) is 1. The van der Waals surface area contributed by atoms with Gasteiger partial charge in [0, 0.05) is 39.3 Å². The molecule has 2 rings (SSSR count). The molecule has 1 amide bonds. The first-order valence-corrected chi connectivity index (χ1v) is 7.99. The van der Waals surface area contributed by atoms with E-state index < -0.39 is 6.04 Å². The van der Waals surface area contributed by atoms with Crippen molar-refractivity contribution in [1.82, 2.24) is 9.80 Å². The van der Waals surface area contributed by atoms with Crippen molar-refractivity contribution in [2.24, 2.45) is 5.73 Å². The first-order chi connectivity index (χ1) is 10.7. The van der Waals surface area contributed by atoms with Crippen LogP contribution in [0.1, 0.15) is 24.9 Å². The highest BCUT2D eigenvalue weighted by Gasteiger charge is 2.30. The van der Waals surface area contributed by atoms with Gasteiger partial charge in [-0.2, -0.15) is 0 Å². The summed E-state index contributed by atoms with van der Waals surface area (Å²) < 4.78 is 5.17. The van der Waals surface area contributed by atoms with Crippen molar-refractivity contribution < 1.29 is 9.53 Å². The zero-order chi connectivity index (χ0) is 15.9. The Hall–Kier alpha value is -1.43. The van der Waals surface area contributed by atoms with Crippen molar-refractivity contribution >= 4 is 5.91 Å². The van der Waals surface area contributed by atoms with E-state index in [0.29, 0.717) is 6.04 Å². The van der Waals surface area contributed by atoms with Crippen LogP contribution in [0.15, 0.2) is 30.3 Å². The number of benzene rings is 1. The molecule has 1 aromatic carbocycles. The number of carbonyl (C=O) groups excluding carboxylic acids is 1. The first-order valence-electron chi connectivity index (χ1n) is 7.99. The Kier molecular flexibility index (Phi) is 6.36. The van der Waals surface area contributed by atoms with Gasteiger partial charge < -0.3 is 15.4 Å². The van der Waals surface area contributed by atoms with Crippen LogP contribution < -0.4 is 5.73 Å². The number of amides is 1. The van der Waals surface area contributed by atoms with E-state index in [0.717, 1.165) is 44.8 Å². The molecule has 1 aliphatic rings. The third kappa shape index (κ3) is 4.06. The van der Waals surface area contributed by atoms with Crippen LogP contribution in [0.5, 0.6) is 0 Å². The summed E-state index contributed by atoms with van der Waals surface area (Å²) in [5.41, 5.74) is 7.02. The van der Waals surface area contributed by atoms with Gasteiger partial charge in [-0.3, -0.25) is 9.69 Å². The fourth-order valence-electron chi connectivity index (χ4n) is 2.98. The molecule has 22 heavy (non-hydrogen) atoms. The Morgan fingerprint density at radius 2 is 2.09 bits per heavy atom. The zero-order valence-corrected chi connectivity index (χ0v) is 13.6. The molecular weight excluding hydrogens is 278 g/mol. The average molecular weight is 305 g/mol. The molecule has 1 fully saturated rings. The molecule has 2 unspecified atom stereocenters. The SMILES string of the molecule is CCC1CN(C(=O)C(N)c2ccccc2)CCN1CCOC. The van der Waals surface area contributed by atoms with E-state index in [-0.39, 0.29) is 5.91 Å². The Bertz CT molecular complexity index is 466. The predicted molar refractivity (Wildman–Crippen MR) is 87.5 cm³/mol. The second-order valence-corrected chi connectivity index (χ2v) is 5.76. The fourth-order valence-corrected chi connectivity index (χ4v) is 2.98. The van der Waals surface area contributed by atoms with Gasteiger partial charge in [0.1, 0.15) is 6.04 Å². The van der Waals surface area contributed by atoms with Crippen LogP contribution in [-0.4, -0.2) is 61.6 Å². The van der Waals surface area contributed by atoms with Crippen molar-refractivity contribution in [1.29, 1.82) is 0 Å². The maximum atomic E-state index is 12.6. The number of ether oxygens (including phenoxy) is 1. The highest BCUT2D eigenvalue weighted by molar-refractivity contribution is 5.83. The lowest BCUT2D eigenvalue weighted by atomic mass is 10.0. The second kappa shape index (κ2) is 8.27. The number of rotatable bonds is 6. The molecule has 2 atom stereocenters. The molecule has 0 aliphatic carbocycles. The topological polar surface area (TPSA) is 58.8 Å². The number of hydrogen-bond donors (Lipinski definition) is 1. The van der Waals surface area contributed by atoms with Gasteiger partial charge in [0.05, 0.1) is 6.61 Å². The number of carbonyl (C=O) groups is 1. The molecule has 0 radical (unpaired) electrons. The van der Waals surface area contributed by atoms with Crippen LogP contribution in [-0.2, 0) is 9.53 Å². The lowest BCUT2D eigenvalue weighted by Gasteiger charge is -2.41. The lowest BCUT2D eigenvalue weighted by Crippen LogP contribution is -2.56. The van der Waals surface area contributed by atoms with Crippen LogP contribution in [0.4, 0.5) is 0 Å². The maximum absolute atomic E-state index is 12.6. The van der Waals surface area contributed by atoms with E-state index in [4.69, 9.17) is 10.5 Å². The first kappa shape index (κ1) is 16.9. The Balaban J connectivity index is 1.97. The molecule has 1 heterocycles. The van der Waals surface area contributed by atoms with Gasteiger partial charge in [0.2, 0.25) is 5.91 Å². The van der Waals surface area contributed by atoms with E-state index in [1.807, 2.05) is 35.2 Å². The summed E-state index contributed by atoms with van der Waals surface area (Å²) in [7, 11) is 1.72. The van der Waals surface area contributed by atoms with Crippen molar-refractivity contribution in [3.63, 3.8) is 0 Å². The van der Waals surface area contributed by atoms with Crippen molar-refractivity contribution in [3.05, 3.63) is 35.9 Å². The van der Waals surface area contributed by atoms with Crippen molar-refractivity contribution in [3.8, 4) is 0 Å². The summed E-state index contributed by atoms with van der Waals surface area (Å²) in [5, 5.41) is 0. The number of piperazine rings is 1. The summed E-state index contributed by atoms with van der Waals surface area (Å²) in [6, 6.07) is 9.41. The van der Waals surface area contributed by atoms with E-state index >= 15 is 0 Å². The Labute approximate surface area is 133 Å². The quantitative estimate of drug-likeness (QED) is 0.859. The number of methoxy groups -OCH3 is 1. The van der Waals surface area contributed by atoms with Crippen LogP contribution in [0.3, 0.4) is 0 Å². The van der Waals surface area contributed by atoms with Gasteiger partial charge in [-0.15, -0.1) is 0 Å². The molecule has 2 N–H and O–H groups in total. The standard InChI is InChI=1S/C17H27N3O2/c1-3-15-13-20(10-9-19(15)11-12-22-2)17(21)16(18)14-7-5-4-6-8-14/h4-8,15-16H,3,9-13,18H2,1-2H3. The maximum Gasteiger partial charge on any atom is 0.244 e. The smallest absolute Gasteiger partial charge is 0.244 e. The van der Waals surface area contributed by atoms with Gasteiger partial charge >= 0.3 is 0 Å².